The Bertz CT molecular complexity index is 274. The summed E-state index contributed by atoms with van der Waals surface area (Å²) in [6, 6.07) is 1.95. The van der Waals surface area contributed by atoms with E-state index < -0.39 is 0 Å². The van der Waals surface area contributed by atoms with Crippen LogP contribution in [-0.4, -0.2) is 12.7 Å². The zero-order valence-electron chi connectivity index (χ0n) is 8.27. The summed E-state index contributed by atoms with van der Waals surface area (Å²) >= 11 is 0. The summed E-state index contributed by atoms with van der Waals surface area (Å²) in [5.41, 5.74) is 3.84. The smallest absolute Gasteiger partial charge is 0.0951 e. The van der Waals surface area contributed by atoms with Crippen LogP contribution in [0, 0.1) is 5.92 Å². The zero-order valence-corrected chi connectivity index (χ0v) is 8.27. The zero-order chi connectivity index (χ0) is 9.97. The molecule has 3 atom stereocenters. The molecule has 1 fully saturated rings. The molecule has 0 amide bonds. The monoisotopic (exact) mass is 196 g/mol. The fourth-order valence-electron chi connectivity index (χ4n) is 1.98. The number of hydrogen-bond donors (Lipinski definition) is 2. The van der Waals surface area contributed by atoms with E-state index >= 15 is 0 Å². The Morgan fingerprint density at radius 2 is 2.50 bits per heavy atom. The Kier molecular flexibility index (Phi) is 2.86. The van der Waals surface area contributed by atoms with Crippen LogP contribution >= 0.6 is 0 Å². The Labute approximate surface area is 83.4 Å². The van der Waals surface area contributed by atoms with Crippen molar-refractivity contribution in [2.45, 2.75) is 25.5 Å². The Morgan fingerprint density at radius 1 is 1.64 bits per heavy atom. The molecule has 1 aromatic heterocycles. The van der Waals surface area contributed by atoms with Gasteiger partial charge in [0.25, 0.3) is 0 Å². The van der Waals surface area contributed by atoms with Crippen molar-refractivity contribution in [1.82, 2.24) is 5.43 Å². The minimum Gasteiger partial charge on any atom is -0.472 e. The second kappa shape index (κ2) is 4.13. The lowest BCUT2D eigenvalue weighted by Crippen LogP contribution is -2.38. The van der Waals surface area contributed by atoms with Crippen molar-refractivity contribution < 1.29 is 9.15 Å². The molecule has 14 heavy (non-hydrogen) atoms. The first kappa shape index (κ1) is 9.71. The molecule has 4 heteroatoms. The lowest BCUT2D eigenvalue weighted by molar-refractivity contribution is 0.0605. The third-order valence-electron chi connectivity index (χ3n) is 2.85. The van der Waals surface area contributed by atoms with Gasteiger partial charge >= 0.3 is 0 Å². The van der Waals surface area contributed by atoms with Crippen molar-refractivity contribution in [3.8, 4) is 0 Å². The largest absolute Gasteiger partial charge is 0.472 e. The van der Waals surface area contributed by atoms with E-state index in [1.54, 1.807) is 12.5 Å². The molecule has 0 aliphatic carbocycles. The van der Waals surface area contributed by atoms with Crippen LogP contribution in [0.25, 0.3) is 0 Å². The fourth-order valence-corrected chi connectivity index (χ4v) is 1.98. The summed E-state index contributed by atoms with van der Waals surface area (Å²) in [7, 11) is 0. The molecule has 78 valence electrons. The van der Waals surface area contributed by atoms with Gasteiger partial charge in [0.15, 0.2) is 0 Å². The number of ether oxygens (including phenoxy) is 1. The topological polar surface area (TPSA) is 60.4 Å². The normalized spacial score (nSPS) is 29.3. The van der Waals surface area contributed by atoms with Gasteiger partial charge in [-0.2, -0.15) is 0 Å². The van der Waals surface area contributed by atoms with Crippen molar-refractivity contribution in [2.75, 3.05) is 6.61 Å². The molecule has 0 bridgehead atoms. The quantitative estimate of drug-likeness (QED) is 0.563. The van der Waals surface area contributed by atoms with E-state index in [-0.39, 0.29) is 12.1 Å². The number of nitrogens with one attached hydrogen (secondary N) is 1. The van der Waals surface area contributed by atoms with Gasteiger partial charge in [-0.3, -0.25) is 11.3 Å². The first-order valence-corrected chi connectivity index (χ1v) is 4.92. The minimum atomic E-state index is 0.0336. The SMILES string of the molecule is CC1CCOC1C(NN)c1ccoc1. The third kappa shape index (κ3) is 1.68. The van der Waals surface area contributed by atoms with Crippen molar-refractivity contribution in [3.63, 3.8) is 0 Å². The van der Waals surface area contributed by atoms with E-state index in [4.69, 9.17) is 15.0 Å². The molecule has 2 heterocycles. The van der Waals surface area contributed by atoms with Crippen LogP contribution in [0.3, 0.4) is 0 Å². The van der Waals surface area contributed by atoms with Crippen LogP contribution < -0.4 is 11.3 Å². The van der Waals surface area contributed by atoms with Crippen molar-refractivity contribution in [1.29, 1.82) is 0 Å². The van der Waals surface area contributed by atoms with E-state index in [1.165, 1.54) is 0 Å². The van der Waals surface area contributed by atoms with E-state index in [0.717, 1.165) is 18.6 Å². The predicted octanol–water partition coefficient (Wildman–Crippen LogP) is 1.21. The standard InChI is InChI=1S/C10H16N2O2/c1-7-2-5-14-10(7)9(12-11)8-3-4-13-6-8/h3-4,6-7,9-10,12H,2,5,11H2,1H3. The first-order valence-electron chi connectivity index (χ1n) is 4.92. The molecule has 3 N–H and O–H groups in total. The Morgan fingerprint density at radius 3 is 3.00 bits per heavy atom. The van der Waals surface area contributed by atoms with E-state index in [2.05, 4.69) is 12.3 Å². The maximum Gasteiger partial charge on any atom is 0.0951 e. The maximum atomic E-state index is 5.66. The first-order chi connectivity index (χ1) is 6.83. The Balaban J connectivity index is 2.13. The van der Waals surface area contributed by atoms with Gasteiger partial charge in [-0.25, -0.2) is 0 Å². The summed E-state index contributed by atoms with van der Waals surface area (Å²) in [6.45, 7) is 3.00. The highest BCUT2D eigenvalue weighted by atomic mass is 16.5. The molecule has 4 nitrogen and oxygen atoms in total. The predicted molar refractivity (Wildman–Crippen MR) is 52.3 cm³/mol. The van der Waals surface area contributed by atoms with Gasteiger partial charge in [-0.1, -0.05) is 6.92 Å². The lowest BCUT2D eigenvalue weighted by atomic mass is 9.94. The second-order valence-corrected chi connectivity index (χ2v) is 3.80. The van der Waals surface area contributed by atoms with Gasteiger partial charge in [0, 0.05) is 12.2 Å². The molecule has 3 unspecified atom stereocenters. The molecular weight excluding hydrogens is 180 g/mol. The molecule has 1 aliphatic rings. The van der Waals surface area contributed by atoms with Gasteiger partial charge in [-0.15, -0.1) is 0 Å². The number of nitrogens with two attached hydrogens (primary N) is 1. The van der Waals surface area contributed by atoms with Crippen LogP contribution in [0.4, 0.5) is 0 Å². The van der Waals surface area contributed by atoms with E-state index in [0.29, 0.717) is 5.92 Å². The van der Waals surface area contributed by atoms with Crippen LogP contribution in [0.1, 0.15) is 24.9 Å². The van der Waals surface area contributed by atoms with Crippen LogP contribution in [0.15, 0.2) is 23.0 Å². The average Bonchev–Trinajstić information content (AvgIpc) is 2.80. The van der Waals surface area contributed by atoms with Gasteiger partial charge in [0.05, 0.1) is 24.7 Å². The fraction of sp³-hybridized carbons (Fsp3) is 0.600. The highest BCUT2D eigenvalue weighted by Crippen LogP contribution is 2.30. The number of hydrogen-bond acceptors (Lipinski definition) is 4. The van der Waals surface area contributed by atoms with Gasteiger partial charge in [-0.05, 0) is 18.4 Å². The van der Waals surface area contributed by atoms with Crippen LogP contribution in [0.2, 0.25) is 0 Å². The van der Waals surface area contributed by atoms with Gasteiger partial charge < -0.3 is 9.15 Å². The average molecular weight is 196 g/mol. The van der Waals surface area contributed by atoms with E-state index in [9.17, 15) is 0 Å². The van der Waals surface area contributed by atoms with Gasteiger partial charge in [0.2, 0.25) is 0 Å². The molecule has 2 rings (SSSR count). The number of hydrazine groups is 1. The highest BCUT2D eigenvalue weighted by molar-refractivity contribution is 5.14. The Hall–Kier alpha value is -0.840. The highest BCUT2D eigenvalue weighted by Gasteiger charge is 2.32. The van der Waals surface area contributed by atoms with E-state index in [1.807, 2.05) is 6.07 Å². The minimum absolute atomic E-state index is 0.0336. The molecular formula is C10H16N2O2. The number of furan rings is 1. The molecule has 1 aromatic rings. The third-order valence-corrected chi connectivity index (χ3v) is 2.85. The summed E-state index contributed by atoms with van der Waals surface area (Å²) in [4.78, 5) is 0. The molecule has 0 radical (unpaired) electrons. The number of rotatable bonds is 3. The van der Waals surface area contributed by atoms with Crippen molar-refractivity contribution >= 4 is 0 Å². The molecule has 0 aromatic carbocycles. The lowest BCUT2D eigenvalue weighted by Gasteiger charge is -2.24. The van der Waals surface area contributed by atoms with Crippen LogP contribution in [0.5, 0.6) is 0 Å². The molecule has 1 aliphatic heterocycles. The van der Waals surface area contributed by atoms with Crippen LogP contribution in [-0.2, 0) is 4.74 Å². The summed E-state index contributed by atoms with van der Waals surface area (Å²) in [6.07, 6.45) is 4.61. The van der Waals surface area contributed by atoms with Gasteiger partial charge in [0.1, 0.15) is 0 Å². The summed E-state index contributed by atoms with van der Waals surface area (Å²) in [5.74, 6) is 6.07. The summed E-state index contributed by atoms with van der Waals surface area (Å²) in [5, 5.41) is 0. The van der Waals surface area contributed by atoms with Crippen molar-refractivity contribution in [3.05, 3.63) is 24.2 Å². The maximum absolute atomic E-state index is 5.66. The molecule has 0 spiro atoms. The van der Waals surface area contributed by atoms with Crippen molar-refractivity contribution in [2.24, 2.45) is 11.8 Å². The molecule has 0 saturated carbocycles. The second-order valence-electron chi connectivity index (χ2n) is 3.80. The molecule has 1 saturated heterocycles. The summed E-state index contributed by atoms with van der Waals surface area (Å²) < 4.78 is 10.7.